The Labute approximate surface area is 110 Å². The summed E-state index contributed by atoms with van der Waals surface area (Å²) in [6.45, 7) is 4.25. The van der Waals surface area contributed by atoms with Crippen molar-refractivity contribution in [2.75, 3.05) is 5.32 Å². The molecule has 0 saturated carbocycles. The lowest BCUT2D eigenvalue weighted by Crippen LogP contribution is -2.22. The first kappa shape index (κ1) is 12.7. The predicted molar refractivity (Wildman–Crippen MR) is 73.6 cm³/mol. The zero-order valence-corrected chi connectivity index (χ0v) is 11.3. The molecule has 0 aliphatic carbocycles. The van der Waals surface area contributed by atoms with Crippen LogP contribution in [0.15, 0.2) is 23.2 Å². The van der Waals surface area contributed by atoms with Gasteiger partial charge >= 0.3 is 0 Å². The fraction of sp³-hybridized carbons (Fsp3) is 0.417. The zero-order valence-electron chi connectivity index (χ0n) is 9.71. The SMILES string of the molecule is CC1CC(C)SC(Nc2ccc(Cl)c(F)c2)=N1. The van der Waals surface area contributed by atoms with E-state index in [-0.39, 0.29) is 5.02 Å². The van der Waals surface area contributed by atoms with E-state index in [9.17, 15) is 4.39 Å². The quantitative estimate of drug-likeness (QED) is 0.830. The maximum absolute atomic E-state index is 13.3. The summed E-state index contributed by atoms with van der Waals surface area (Å²) in [6, 6.07) is 4.99. The summed E-state index contributed by atoms with van der Waals surface area (Å²) in [5.74, 6) is -0.417. The van der Waals surface area contributed by atoms with E-state index in [0.29, 0.717) is 17.0 Å². The Morgan fingerprint density at radius 1 is 1.47 bits per heavy atom. The summed E-state index contributed by atoms with van der Waals surface area (Å²) in [7, 11) is 0. The number of nitrogens with one attached hydrogen (secondary N) is 1. The van der Waals surface area contributed by atoms with Crippen LogP contribution >= 0.6 is 23.4 Å². The van der Waals surface area contributed by atoms with E-state index < -0.39 is 5.82 Å². The number of halogens is 2. The molecule has 1 heterocycles. The van der Waals surface area contributed by atoms with Crippen LogP contribution < -0.4 is 5.32 Å². The number of thioether (sulfide) groups is 1. The molecular formula is C12H14ClFN2S. The lowest BCUT2D eigenvalue weighted by Gasteiger charge is -2.23. The highest BCUT2D eigenvalue weighted by Gasteiger charge is 2.18. The van der Waals surface area contributed by atoms with Crippen molar-refractivity contribution in [1.29, 1.82) is 0 Å². The molecule has 0 bridgehead atoms. The van der Waals surface area contributed by atoms with Gasteiger partial charge in [-0.1, -0.05) is 30.3 Å². The van der Waals surface area contributed by atoms with Gasteiger partial charge in [-0.3, -0.25) is 4.99 Å². The number of hydrogen-bond acceptors (Lipinski definition) is 3. The van der Waals surface area contributed by atoms with Crippen LogP contribution in [0.2, 0.25) is 5.02 Å². The van der Waals surface area contributed by atoms with Gasteiger partial charge in [-0.25, -0.2) is 4.39 Å². The van der Waals surface area contributed by atoms with E-state index in [0.717, 1.165) is 11.6 Å². The van der Waals surface area contributed by atoms with Gasteiger partial charge in [0.05, 0.1) is 11.1 Å². The summed E-state index contributed by atoms with van der Waals surface area (Å²) in [6.07, 6.45) is 1.07. The second-order valence-corrected chi connectivity index (χ2v) is 6.04. The highest BCUT2D eigenvalue weighted by atomic mass is 35.5. The molecule has 0 fully saturated rings. The van der Waals surface area contributed by atoms with Crippen LogP contribution in [0.4, 0.5) is 10.1 Å². The Morgan fingerprint density at radius 3 is 2.88 bits per heavy atom. The summed E-state index contributed by atoms with van der Waals surface area (Å²) >= 11 is 7.31. The fourth-order valence-electron chi connectivity index (χ4n) is 1.76. The van der Waals surface area contributed by atoms with E-state index in [1.165, 1.54) is 6.07 Å². The maximum atomic E-state index is 13.3. The number of anilines is 1. The molecule has 2 atom stereocenters. The summed E-state index contributed by atoms with van der Waals surface area (Å²) in [5, 5.41) is 4.63. The molecule has 1 aromatic carbocycles. The van der Waals surface area contributed by atoms with Crippen LogP contribution in [0.25, 0.3) is 0 Å². The topological polar surface area (TPSA) is 24.4 Å². The van der Waals surface area contributed by atoms with Gasteiger partial charge in [0.2, 0.25) is 0 Å². The van der Waals surface area contributed by atoms with Crippen molar-refractivity contribution < 1.29 is 4.39 Å². The van der Waals surface area contributed by atoms with Gasteiger partial charge in [0.1, 0.15) is 5.82 Å². The minimum Gasteiger partial charge on any atom is -0.335 e. The molecule has 0 saturated heterocycles. The monoisotopic (exact) mass is 272 g/mol. The minimum absolute atomic E-state index is 0.135. The van der Waals surface area contributed by atoms with Crippen LogP contribution in [0.5, 0.6) is 0 Å². The van der Waals surface area contributed by atoms with E-state index in [4.69, 9.17) is 11.6 Å². The molecule has 92 valence electrons. The molecule has 0 amide bonds. The Balaban J connectivity index is 2.12. The molecule has 1 aliphatic rings. The molecule has 0 aromatic heterocycles. The number of benzene rings is 1. The van der Waals surface area contributed by atoms with Crippen LogP contribution in [0.1, 0.15) is 20.3 Å². The molecule has 2 unspecified atom stereocenters. The maximum Gasteiger partial charge on any atom is 0.161 e. The third-order valence-electron chi connectivity index (χ3n) is 2.49. The first-order valence-corrected chi connectivity index (χ1v) is 6.77. The Kier molecular flexibility index (Phi) is 3.94. The largest absolute Gasteiger partial charge is 0.335 e. The molecular weight excluding hydrogens is 259 g/mol. The molecule has 2 nitrogen and oxygen atoms in total. The van der Waals surface area contributed by atoms with Gasteiger partial charge in [-0.05, 0) is 31.5 Å². The lowest BCUT2D eigenvalue weighted by atomic mass is 10.2. The van der Waals surface area contributed by atoms with Gasteiger partial charge in [-0.2, -0.15) is 0 Å². The van der Waals surface area contributed by atoms with E-state index in [1.54, 1.807) is 23.9 Å². The van der Waals surface area contributed by atoms with E-state index in [2.05, 4.69) is 24.2 Å². The number of rotatable bonds is 1. The van der Waals surface area contributed by atoms with Crippen molar-refractivity contribution in [2.45, 2.75) is 31.6 Å². The Bertz CT molecular complexity index is 450. The highest BCUT2D eigenvalue weighted by molar-refractivity contribution is 8.14. The van der Waals surface area contributed by atoms with Crippen molar-refractivity contribution in [2.24, 2.45) is 4.99 Å². The minimum atomic E-state index is -0.417. The third-order valence-corrected chi connectivity index (χ3v) is 3.83. The number of amidine groups is 1. The average molecular weight is 273 g/mol. The highest BCUT2D eigenvalue weighted by Crippen LogP contribution is 2.27. The summed E-state index contributed by atoms with van der Waals surface area (Å²) in [5.41, 5.74) is 0.680. The first-order chi connectivity index (χ1) is 8.04. The molecule has 1 N–H and O–H groups in total. The van der Waals surface area contributed by atoms with Crippen molar-refractivity contribution in [1.82, 2.24) is 0 Å². The van der Waals surface area contributed by atoms with Gasteiger partial charge in [0, 0.05) is 10.9 Å². The normalized spacial score (nSPS) is 24.4. The number of aliphatic imine (C=N–C) groups is 1. The molecule has 0 radical (unpaired) electrons. The van der Waals surface area contributed by atoms with Crippen molar-refractivity contribution >= 4 is 34.2 Å². The van der Waals surface area contributed by atoms with Crippen molar-refractivity contribution in [3.63, 3.8) is 0 Å². The first-order valence-electron chi connectivity index (χ1n) is 5.51. The molecule has 0 spiro atoms. The Hall–Kier alpha value is -0.740. The summed E-state index contributed by atoms with van der Waals surface area (Å²) in [4.78, 5) is 4.49. The molecule has 5 heteroatoms. The zero-order chi connectivity index (χ0) is 12.4. The lowest BCUT2D eigenvalue weighted by molar-refractivity contribution is 0.629. The van der Waals surface area contributed by atoms with Crippen LogP contribution in [0, 0.1) is 5.82 Å². The van der Waals surface area contributed by atoms with Crippen LogP contribution in [0.3, 0.4) is 0 Å². The predicted octanol–water partition coefficient (Wildman–Crippen LogP) is 4.16. The second-order valence-electron chi connectivity index (χ2n) is 4.20. The van der Waals surface area contributed by atoms with Crippen molar-refractivity contribution in [3.8, 4) is 0 Å². The van der Waals surface area contributed by atoms with Crippen LogP contribution in [-0.4, -0.2) is 16.5 Å². The number of hydrogen-bond donors (Lipinski definition) is 1. The van der Waals surface area contributed by atoms with Gasteiger partial charge in [-0.15, -0.1) is 0 Å². The molecule has 1 aromatic rings. The fourth-order valence-corrected chi connectivity index (χ4v) is 3.05. The molecule has 2 rings (SSSR count). The van der Waals surface area contributed by atoms with Crippen molar-refractivity contribution in [3.05, 3.63) is 29.0 Å². The molecule has 17 heavy (non-hydrogen) atoms. The Morgan fingerprint density at radius 2 is 2.24 bits per heavy atom. The number of nitrogens with zero attached hydrogens (tertiary/aromatic N) is 1. The molecule has 1 aliphatic heterocycles. The third kappa shape index (κ3) is 3.36. The second kappa shape index (κ2) is 5.27. The van der Waals surface area contributed by atoms with Gasteiger partial charge < -0.3 is 5.32 Å². The standard InChI is InChI=1S/C12H14ClFN2S/c1-7-5-8(2)17-12(15-7)16-9-3-4-10(13)11(14)6-9/h3-4,6-8H,5H2,1-2H3,(H,15,16). The van der Waals surface area contributed by atoms with Gasteiger partial charge in [0.25, 0.3) is 0 Å². The van der Waals surface area contributed by atoms with E-state index in [1.807, 2.05) is 0 Å². The average Bonchev–Trinajstić information content (AvgIpc) is 2.22. The smallest absolute Gasteiger partial charge is 0.161 e. The van der Waals surface area contributed by atoms with Crippen LogP contribution in [-0.2, 0) is 0 Å². The summed E-state index contributed by atoms with van der Waals surface area (Å²) < 4.78 is 13.3. The van der Waals surface area contributed by atoms with Gasteiger partial charge in [0.15, 0.2) is 5.17 Å². The van der Waals surface area contributed by atoms with E-state index >= 15 is 0 Å².